The van der Waals surface area contributed by atoms with Crippen molar-refractivity contribution in [2.45, 2.75) is 38.2 Å². The quantitative estimate of drug-likeness (QED) is 0.764. The lowest BCUT2D eigenvalue weighted by Gasteiger charge is -2.38. The number of nitrogens with zero attached hydrogens (tertiary/aromatic N) is 3. The molecule has 2 aromatic rings. The van der Waals surface area contributed by atoms with E-state index >= 15 is 0 Å². The van der Waals surface area contributed by atoms with Gasteiger partial charge in [0.15, 0.2) is 6.10 Å². The average Bonchev–Trinajstić information content (AvgIpc) is 3.26. The van der Waals surface area contributed by atoms with E-state index in [1.807, 2.05) is 52.3 Å². The van der Waals surface area contributed by atoms with Gasteiger partial charge >= 0.3 is 0 Å². The van der Waals surface area contributed by atoms with Crippen molar-refractivity contribution in [2.75, 3.05) is 42.5 Å². The van der Waals surface area contributed by atoms with Crippen LogP contribution in [0.25, 0.3) is 0 Å². The molecule has 2 amide bonds. The second-order valence-electron chi connectivity index (χ2n) is 8.58. The van der Waals surface area contributed by atoms with Gasteiger partial charge in [0.25, 0.3) is 5.91 Å². The first-order valence-corrected chi connectivity index (χ1v) is 11.4. The number of hydrogen-bond donors (Lipinski definition) is 0. The highest BCUT2D eigenvalue weighted by molar-refractivity contribution is 5.95. The Morgan fingerprint density at radius 1 is 0.903 bits per heavy atom. The fourth-order valence-corrected chi connectivity index (χ4v) is 4.93. The molecule has 1 atom stereocenters. The highest BCUT2D eigenvalue weighted by Gasteiger charge is 2.34. The Labute approximate surface area is 183 Å². The normalized spacial score (nSPS) is 20.1. The first-order valence-electron chi connectivity index (χ1n) is 11.4. The molecule has 1 saturated heterocycles. The minimum Gasteiger partial charge on any atom is -0.477 e. The van der Waals surface area contributed by atoms with E-state index in [2.05, 4.69) is 11.0 Å². The molecule has 162 valence electrons. The molecule has 1 fully saturated rings. The molecule has 31 heavy (non-hydrogen) atoms. The summed E-state index contributed by atoms with van der Waals surface area (Å²) in [6.07, 6.45) is 4.11. The fourth-order valence-electron chi connectivity index (χ4n) is 4.93. The van der Waals surface area contributed by atoms with Gasteiger partial charge in [-0.1, -0.05) is 30.3 Å². The number of para-hydroxylation sites is 3. The van der Waals surface area contributed by atoms with Crippen LogP contribution >= 0.6 is 0 Å². The van der Waals surface area contributed by atoms with E-state index in [4.69, 9.17) is 4.74 Å². The maximum absolute atomic E-state index is 13.1. The van der Waals surface area contributed by atoms with Crippen molar-refractivity contribution in [3.05, 3.63) is 54.1 Å². The van der Waals surface area contributed by atoms with Gasteiger partial charge in [0.05, 0.1) is 12.2 Å². The van der Waals surface area contributed by atoms with Gasteiger partial charge in [0, 0.05) is 38.3 Å². The van der Waals surface area contributed by atoms with Crippen LogP contribution in [-0.4, -0.2) is 55.5 Å². The van der Waals surface area contributed by atoms with E-state index in [1.54, 1.807) is 0 Å². The van der Waals surface area contributed by atoms with Crippen LogP contribution in [-0.2, 0) is 16.0 Å². The van der Waals surface area contributed by atoms with Crippen molar-refractivity contribution in [1.29, 1.82) is 0 Å². The summed E-state index contributed by atoms with van der Waals surface area (Å²) in [5.41, 5.74) is 3.23. The van der Waals surface area contributed by atoms with Crippen LogP contribution in [0.3, 0.4) is 0 Å². The lowest BCUT2D eigenvalue weighted by molar-refractivity contribution is -0.139. The number of carbonyl (C=O) groups is 2. The van der Waals surface area contributed by atoms with Gasteiger partial charge in [0.2, 0.25) is 5.91 Å². The van der Waals surface area contributed by atoms with E-state index in [-0.39, 0.29) is 11.8 Å². The number of fused-ring (bicyclic) bond motifs is 2. The van der Waals surface area contributed by atoms with E-state index in [0.717, 1.165) is 56.0 Å². The number of ether oxygens (including phenoxy) is 1. The Morgan fingerprint density at radius 3 is 2.48 bits per heavy atom. The van der Waals surface area contributed by atoms with Crippen LogP contribution < -0.4 is 14.5 Å². The third-order valence-electron chi connectivity index (χ3n) is 6.59. The smallest absolute Gasteiger partial charge is 0.265 e. The summed E-state index contributed by atoms with van der Waals surface area (Å²) in [5.74, 6) is 0.926. The minimum atomic E-state index is -0.518. The highest BCUT2D eigenvalue weighted by Crippen LogP contribution is 2.34. The summed E-state index contributed by atoms with van der Waals surface area (Å²) >= 11 is 0. The molecular formula is C25H29N3O3. The molecule has 0 N–H and O–H groups in total. The molecule has 0 aliphatic carbocycles. The van der Waals surface area contributed by atoms with Crippen LogP contribution in [0.5, 0.6) is 5.75 Å². The Balaban J connectivity index is 1.28. The number of likely N-dealkylation sites (tertiary alicyclic amines) is 1. The predicted octanol–water partition coefficient (Wildman–Crippen LogP) is 3.25. The molecule has 6 heteroatoms. The van der Waals surface area contributed by atoms with Crippen molar-refractivity contribution in [3.63, 3.8) is 0 Å². The van der Waals surface area contributed by atoms with E-state index in [0.29, 0.717) is 19.5 Å². The lowest BCUT2D eigenvalue weighted by Crippen LogP contribution is -2.52. The van der Waals surface area contributed by atoms with Crippen molar-refractivity contribution < 1.29 is 14.3 Å². The topological polar surface area (TPSA) is 53.1 Å². The fraction of sp³-hybridized carbons (Fsp3) is 0.440. The zero-order valence-electron chi connectivity index (χ0n) is 17.8. The molecule has 3 heterocycles. The molecule has 1 unspecified atom stereocenters. The number of hydrogen-bond acceptors (Lipinski definition) is 4. The SMILES string of the molecule is O=C(C1CN(CCC(=O)N2CCc3ccccc32)c2ccccc2O1)N1CCCCC1. The first kappa shape index (κ1) is 19.9. The largest absolute Gasteiger partial charge is 0.477 e. The maximum atomic E-state index is 13.1. The van der Waals surface area contributed by atoms with Gasteiger partial charge in [-0.3, -0.25) is 9.59 Å². The third kappa shape index (κ3) is 3.99. The molecular weight excluding hydrogens is 390 g/mol. The number of rotatable bonds is 4. The van der Waals surface area contributed by atoms with E-state index in [1.165, 1.54) is 12.0 Å². The van der Waals surface area contributed by atoms with Crippen molar-refractivity contribution >= 4 is 23.2 Å². The van der Waals surface area contributed by atoms with Crippen molar-refractivity contribution in [1.82, 2.24) is 4.90 Å². The summed E-state index contributed by atoms with van der Waals surface area (Å²) in [4.78, 5) is 32.1. The van der Waals surface area contributed by atoms with Gasteiger partial charge in [-0.05, 0) is 49.4 Å². The van der Waals surface area contributed by atoms with Gasteiger partial charge in [-0.25, -0.2) is 0 Å². The summed E-state index contributed by atoms with van der Waals surface area (Å²) in [5, 5.41) is 0. The van der Waals surface area contributed by atoms with Gasteiger partial charge in [-0.2, -0.15) is 0 Å². The molecule has 0 saturated carbocycles. The van der Waals surface area contributed by atoms with Crippen LogP contribution in [0.15, 0.2) is 48.5 Å². The van der Waals surface area contributed by atoms with Crippen LogP contribution in [0.1, 0.15) is 31.2 Å². The molecule has 5 rings (SSSR count). The number of piperidine rings is 1. The zero-order chi connectivity index (χ0) is 21.2. The maximum Gasteiger partial charge on any atom is 0.265 e. The van der Waals surface area contributed by atoms with Gasteiger partial charge in [-0.15, -0.1) is 0 Å². The summed E-state index contributed by atoms with van der Waals surface area (Å²) < 4.78 is 6.10. The van der Waals surface area contributed by atoms with Crippen LogP contribution in [0.2, 0.25) is 0 Å². The minimum absolute atomic E-state index is 0.0685. The Kier molecular flexibility index (Phi) is 5.53. The molecule has 0 radical (unpaired) electrons. The molecule has 0 spiro atoms. The van der Waals surface area contributed by atoms with Gasteiger partial charge < -0.3 is 19.4 Å². The van der Waals surface area contributed by atoms with Crippen LogP contribution in [0.4, 0.5) is 11.4 Å². The molecule has 3 aliphatic heterocycles. The number of carbonyl (C=O) groups excluding carboxylic acids is 2. The zero-order valence-corrected chi connectivity index (χ0v) is 17.8. The molecule has 0 aromatic heterocycles. The van der Waals surface area contributed by atoms with E-state index in [9.17, 15) is 9.59 Å². The van der Waals surface area contributed by atoms with Crippen LogP contribution in [0, 0.1) is 0 Å². The second kappa shape index (κ2) is 8.61. The standard InChI is InChI=1S/C25H29N3O3/c29-24(28-17-12-19-8-2-3-9-20(19)28)13-16-27-18-23(25(30)26-14-6-1-7-15-26)31-22-11-5-4-10-21(22)27/h2-5,8-11,23H,1,6-7,12-18H2. The summed E-state index contributed by atoms with van der Waals surface area (Å²) in [6, 6.07) is 16.0. The summed E-state index contributed by atoms with van der Waals surface area (Å²) in [7, 11) is 0. The Hall–Kier alpha value is -3.02. The van der Waals surface area contributed by atoms with Gasteiger partial charge in [0.1, 0.15) is 5.75 Å². The highest BCUT2D eigenvalue weighted by atomic mass is 16.5. The number of amides is 2. The van der Waals surface area contributed by atoms with E-state index < -0.39 is 6.10 Å². The number of benzene rings is 2. The predicted molar refractivity (Wildman–Crippen MR) is 121 cm³/mol. The molecule has 3 aliphatic rings. The van der Waals surface area contributed by atoms with Crippen molar-refractivity contribution in [3.8, 4) is 5.75 Å². The number of anilines is 2. The van der Waals surface area contributed by atoms with Crippen molar-refractivity contribution in [2.24, 2.45) is 0 Å². The monoisotopic (exact) mass is 419 g/mol. The Morgan fingerprint density at radius 2 is 1.65 bits per heavy atom. The average molecular weight is 420 g/mol. The molecule has 0 bridgehead atoms. The summed E-state index contributed by atoms with van der Waals surface area (Å²) in [6.45, 7) is 3.42. The Bertz CT molecular complexity index is 970. The second-order valence-corrected chi connectivity index (χ2v) is 8.58. The first-order chi connectivity index (χ1) is 15.2. The third-order valence-corrected chi connectivity index (χ3v) is 6.59. The molecule has 2 aromatic carbocycles. The molecule has 6 nitrogen and oxygen atoms in total. The lowest BCUT2D eigenvalue weighted by atomic mass is 10.1.